The summed E-state index contributed by atoms with van der Waals surface area (Å²) in [6.07, 6.45) is -0.0398. The first-order valence-electron chi connectivity index (χ1n) is 7.70. The number of fused-ring (bicyclic) bond motifs is 1. The lowest BCUT2D eigenvalue weighted by Gasteiger charge is -2.58. The van der Waals surface area contributed by atoms with Gasteiger partial charge in [0.15, 0.2) is 0 Å². The fourth-order valence-corrected chi connectivity index (χ4v) is 4.76. The monoisotopic (exact) mass is 384 g/mol. The molecule has 0 aromatic rings. The highest BCUT2D eigenvalue weighted by molar-refractivity contribution is 8.00. The molecule has 0 spiro atoms. The Labute approximate surface area is 152 Å². The number of carbonyl (C=O) groups excluding carboxylic acids is 4. The van der Waals surface area contributed by atoms with Crippen molar-refractivity contribution in [3.8, 4) is 0 Å². The number of β-lactam (4-membered cyclic amide) rings is 1. The van der Waals surface area contributed by atoms with Gasteiger partial charge in [0.2, 0.25) is 11.8 Å². The van der Waals surface area contributed by atoms with Crippen molar-refractivity contribution >= 4 is 41.4 Å². The smallest absolute Gasteiger partial charge is 0.352 e. The average molecular weight is 384 g/mol. The van der Waals surface area contributed by atoms with E-state index in [-0.39, 0.29) is 36.5 Å². The summed E-state index contributed by atoms with van der Waals surface area (Å²) in [4.78, 5) is 61.6. The Balaban J connectivity index is 1.98. The molecular weight excluding hydrogens is 368 g/mol. The number of hydrogen-bond donors (Lipinski definition) is 1. The summed E-state index contributed by atoms with van der Waals surface area (Å²) < 4.78 is 10.2. The van der Waals surface area contributed by atoms with E-state index in [0.717, 1.165) is 21.6 Å². The number of hydrogen-bond acceptors (Lipinski definition) is 8. The van der Waals surface area contributed by atoms with Crippen LogP contribution >= 0.6 is 11.8 Å². The van der Waals surface area contributed by atoms with E-state index in [1.54, 1.807) is 0 Å². The summed E-state index contributed by atoms with van der Waals surface area (Å²) >= 11 is 1.14. The number of thioether (sulfide) groups is 1. The van der Waals surface area contributed by atoms with Crippen LogP contribution in [-0.2, 0) is 33.4 Å². The maximum Gasteiger partial charge on any atom is 0.352 e. The molecule has 140 valence electrons. The van der Waals surface area contributed by atoms with Gasteiger partial charge in [-0.1, -0.05) is 0 Å². The minimum atomic E-state index is -1.84. The van der Waals surface area contributed by atoms with E-state index < -0.39 is 40.8 Å². The molecule has 1 unspecified atom stereocenters. The largest absolute Gasteiger partial charge is 0.477 e. The lowest BCUT2D eigenvalue weighted by atomic mass is 9.96. The van der Waals surface area contributed by atoms with Crippen LogP contribution in [0.4, 0.5) is 0 Å². The highest BCUT2D eigenvalue weighted by Crippen LogP contribution is 2.50. The minimum Gasteiger partial charge on any atom is -0.477 e. The third-order valence-corrected chi connectivity index (χ3v) is 5.79. The van der Waals surface area contributed by atoms with Gasteiger partial charge in [-0.2, -0.15) is 0 Å². The van der Waals surface area contributed by atoms with Gasteiger partial charge < -0.3 is 14.6 Å². The van der Waals surface area contributed by atoms with Crippen molar-refractivity contribution in [2.75, 3.05) is 19.5 Å². The van der Waals surface area contributed by atoms with Gasteiger partial charge in [0.25, 0.3) is 11.6 Å². The maximum atomic E-state index is 12.9. The molecule has 3 heterocycles. The number of aliphatic carboxylic acids is 1. The molecule has 3 rings (SSSR count). The second kappa shape index (κ2) is 6.40. The third-order valence-electron chi connectivity index (χ3n) is 4.43. The van der Waals surface area contributed by atoms with E-state index in [9.17, 15) is 29.1 Å². The zero-order valence-electron chi connectivity index (χ0n) is 14.0. The molecule has 0 aromatic carbocycles. The van der Waals surface area contributed by atoms with Gasteiger partial charge >= 0.3 is 11.9 Å². The van der Waals surface area contributed by atoms with Gasteiger partial charge in [-0.25, -0.2) is 9.69 Å². The predicted molar refractivity (Wildman–Crippen MR) is 85.2 cm³/mol. The van der Waals surface area contributed by atoms with Gasteiger partial charge in [0.05, 0.1) is 0 Å². The average Bonchev–Trinajstić information content (AvgIpc) is 2.92. The van der Waals surface area contributed by atoms with Crippen molar-refractivity contribution in [3.63, 3.8) is 0 Å². The van der Waals surface area contributed by atoms with Crippen molar-refractivity contribution in [2.45, 2.75) is 30.9 Å². The van der Waals surface area contributed by atoms with Gasteiger partial charge in [0.1, 0.15) is 17.7 Å². The molecular formula is C15H16N2O8S. The molecule has 11 heteroatoms. The van der Waals surface area contributed by atoms with E-state index in [2.05, 4.69) is 0 Å². The second-order valence-corrected chi connectivity index (χ2v) is 6.97. The highest BCUT2D eigenvalue weighted by Gasteiger charge is 2.71. The predicted octanol–water partition coefficient (Wildman–Crippen LogP) is -0.705. The number of esters is 1. The zero-order valence-corrected chi connectivity index (χ0v) is 14.8. The molecule has 10 nitrogen and oxygen atoms in total. The zero-order chi connectivity index (χ0) is 19.2. The van der Waals surface area contributed by atoms with E-state index >= 15 is 0 Å². The Morgan fingerprint density at radius 2 is 1.88 bits per heavy atom. The molecule has 0 bridgehead atoms. The first kappa shape index (κ1) is 18.4. The topological polar surface area (TPSA) is 131 Å². The Bertz CT molecular complexity index is 747. The fraction of sp³-hybridized carbons (Fsp3) is 0.533. The van der Waals surface area contributed by atoms with E-state index in [1.165, 1.54) is 14.0 Å². The van der Waals surface area contributed by atoms with Crippen molar-refractivity contribution in [1.82, 2.24) is 9.80 Å². The van der Waals surface area contributed by atoms with E-state index in [0.29, 0.717) is 0 Å². The Kier molecular flexibility index (Phi) is 4.53. The van der Waals surface area contributed by atoms with Crippen LogP contribution in [0.1, 0.15) is 19.8 Å². The Hall–Kier alpha value is -2.40. The number of ether oxygens (including phenoxy) is 2. The van der Waals surface area contributed by atoms with Crippen molar-refractivity contribution < 1.29 is 38.6 Å². The molecule has 2 fully saturated rings. The standard InChI is InChI=1S/C15H16N2O8S/c1-7(18)25-5-8-6-26-14-15(24-2,17-9(19)3-4-10(17)20)13(23)16(14)11(8)12(21)22/h14H,3-6H2,1-2H3,(H,21,22)/t14-,15?/m1/s1. The molecule has 3 amide bonds. The molecule has 2 saturated heterocycles. The van der Waals surface area contributed by atoms with Crippen LogP contribution in [0.2, 0.25) is 0 Å². The van der Waals surface area contributed by atoms with Crippen LogP contribution in [-0.4, -0.2) is 75.1 Å². The number of carbonyl (C=O) groups is 5. The Morgan fingerprint density at radius 1 is 1.27 bits per heavy atom. The van der Waals surface area contributed by atoms with Crippen LogP contribution in [0.3, 0.4) is 0 Å². The first-order valence-corrected chi connectivity index (χ1v) is 8.75. The number of carboxylic acids is 1. The second-order valence-electron chi connectivity index (χ2n) is 5.90. The number of carboxylic acid groups (broad SMARTS) is 1. The first-order chi connectivity index (χ1) is 12.3. The minimum absolute atomic E-state index is 0.0199. The lowest BCUT2D eigenvalue weighted by molar-refractivity contribution is -0.220. The summed E-state index contributed by atoms with van der Waals surface area (Å²) in [7, 11) is 1.20. The number of rotatable bonds is 5. The lowest BCUT2D eigenvalue weighted by Crippen LogP contribution is -2.81. The van der Waals surface area contributed by atoms with E-state index in [1.807, 2.05) is 0 Å². The highest BCUT2D eigenvalue weighted by atomic mass is 32.2. The van der Waals surface area contributed by atoms with Crippen LogP contribution in [0.5, 0.6) is 0 Å². The number of methoxy groups -OCH3 is 1. The van der Waals surface area contributed by atoms with Gasteiger partial charge in [-0.05, 0) is 0 Å². The molecule has 0 aliphatic carbocycles. The van der Waals surface area contributed by atoms with Crippen LogP contribution in [0, 0.1) is 0 Å². The molecule has 3 aliphatic heterocycles. The summed E-state index contributed by atoms with van der Waals surface area (Å²) in [6, 6.07) is 0. The summed E-state index contributed by atoms with van der Waals surface area (Å²) in [5.74, 6) is -3.67. The molecule has 3 aliphatic rings. The number of likely N-dealkylation sites (tertiary alicyclic amines) is 1. The number of nitrogens with zero attached hydrogens (tertiary/aromatic N) is 2. The molecule has 1 N–H and O–H groups in total. The number of amides is 3. The van der Waals surface area contributed by atoms with Gasteiger partial charge in [0, 0.05) is 38.2 Å². The van der Waals surface area contributed by atoms with Crippen LogP contribution in [0.25, 0.3) is 0 Å². The SMILES string of the molecule is COC1(N2C(=O)CCC2=O)C(=O)N2C(C(=O)O)=C(COC(C)=O)CS[C@@H]21. The maximum absolute atomic E-state index is 12.9. The molecule has 26 heavy (non-hydrogen) atoms. The van der Waals surface area contributed by atoms with Crippen LogP contribution in [0.15, 0.2) is 11.3 Å². The van der Waals surface area contributed by atoms with Crippen molar-refractivity contribution in [2.24, 2.45) is 0 Å². The quantitative estimate of drug-likeness (QED) is 0.371. The molecule has 0 saturated carbocycles. The normalized spacial score (nSPS) is 28.2. The van der Waals surface area contributed by atoms with Gasteiger partial charge in [-0.15, -0.1) is 11.8 Å². The van der Waals surface area contributed by atoms with Crippen LogP contribution < -0.4 is 0 Å². The summed E-state index contributed by atoms with van der Waals surface area (Å²) in [5.41, 5.74) is -1.90. The van der Waals surface area contributed by atoms with Crippen molar-refractivity contribution in [1.29, 1.82) is 0 Å². The van der Waals surface area contributed by atoms with Gasteiger partial charge in [-0.3, -0.25) is 24.1 Å². The third kappa shape index (κ3) is 2.42. The fourth-order valence-electron chi connectivity index (χ4n) is 3.30. The summed E-state index contributed by atoms with van der Waals surface area (Å²) in [6.45, 7) is 0.928. The van der Waals surface area contributed by atoms with Crippen molar-refractivity contribution in [3.05, 3.63) is 11.3 Å². The Morgan fingerprint density at radius 3 is 2.38 bits per heavy atom. The molecule has 2 atom stereocenters. The molecule has 0 aromatic heterocycles. The number of imide groups is 1. The summed E-state index contributed by atoms with van der Waals surface area (Å²) in [5, 5.41) is 8.66. The molecule has 0 radical (unpaired) electrons. The van der Waals surface area contributed by atoms with E-state index in [4.69, 9.17) is 9.47 Å².